The van der Waals surface area contributed by atoms with Crippen molar-refractivity contribution in [3.8, 4) is 5.69 Å². The normalized spacial score (nSPS) is 11.5. The molecule has 0 saturated heterocycles. The molecule has 0 aliphatic carbocycles. The number of sulfonamides is 2. The molecule has 0 aliphatic heterocycles. The number of carbonyl (C=O) groups is 1. The number of urea groups is 1. The molecule has 35 heavy (non-hydrogen) atoms. The first-order valence-electron chi connectivity index (χ1n) is 9.76. The van der Waals surface area contributed by atoms with Crippen molar-refractivity contribution in [2.75, 3.05) is 10.0 Å². The first-order valence-corrected chi connectivity index (χ1v) is 13.1. The number of H-pyrrole nitrogens is 1. The molecule has 15 heteroatoms. The van der Waals surface area contributed by atoms with Crippen molar-refractivity contribution >= 4 is 49.7 Å². The first kappa shape index (κ1) is 24.1. The molecule has 0 spiro atoms. The van der Waals surface area contributed by atoms with Crippen LogP contribution in [-0.2, 0) is 20.0 Å². The minimum atomic E-state index is -4.28. The Bertz CT molecular complexity index is 1650. The van der Waals surface area contributed by atoms with Crippen LogP contribution in [-0.4, -0.2) is 43.1 Å². The van der Waals surface area contributed by atoms with E-state index in [1.165, 1.54) is 47.1 Å². The zero-order valence-electron chi connectivity index (χ0n) is 17.6. The van der Waals surface area contributed by atoms with Crippen LogP contribution >= 0.6 is 12.2 Å². The maximum atomic E-state index is 12.7. The summed E-state index contributed by atoms with van der Waals surface area (Å²) in [4.78, 5) is 12.1. The number of rotatable bonds is 7. The Morgan fingerprint density at radius 2 is 1.49 bits per heavy atom. The van der Waals surface area contributed by atoms with Crippen molar-refractivity contribution < 1.29 is 21.6 Å². The van der Waals surface area contributed by atoms with Gasteiger partial charge in [-0.3, -0.25) is 4.72 Å². The van der Waals surface area contributed by atoms with Crippen molar-refractivity contribution in [1.29, 1.82) is 0 Å². The second kappa shape index (κ2) is 9.65. The lowest BCUT2D eigenvalue weighted by Gasteiger charge is -2.12. The fourth-order valence-corrected chi connectivity index (χ4v) is 5.19. The summed E-state index contributed by atoms with van der Waals surface area (Å²) in [7, 11) is -8.22. The van der Waals surface area contributed by atoms with Gasteiger partial charge in [0, 0.05) is 11.4 Å². The molecule has 4 rings (SSSR count). The van der Waals surface area contributed by atoms with E-state index >= 15 is 0 Å². The monoisotopic (exact) mass is 531 g/mol. The van der Waals surface area contributed by atoms with E-state index in [2.05, 4.69) is 25.6 Å². The van der Waals surface area contributed by atoms with Gasteiger partial charge in [-0.25, -0.2) is 31.0 Å². The summed E-state index contributed by atoms with van der Waals surface area (Å²) >= 11 is 5.00. The molecule has 2 amide bonds. The average molecular weight is 532 g/mol. The SMILES string of the molecule is O=C(Nc1cccc(S(=O)(=O)Nc2ccccc2)c1)NS(=O)(=O)c1cccc(-n2[nH]nnc2=S)c1. The second-order valence-electron chi connectivity index (χ2n) is 6.97. The molecule has 0 saturated carbocycles. The summed E-state index contributed by atoms with van der Waals surface area (Å²) in [6.07, 6.45) is 0. The van der Waals surface area contributed by atoms with Crippen molar-refractivity contribution in [3.05, 3.63) is 83.6 Å². The van der Waals surface area contributed by atoms with Gasteiger partial charge in [-0.15, -0.1) is 0 Å². The lowest BCUT2D eigenvalue weighted by molar-refractivity contribution is 0.256. The van der Waals surface area contributed by atoms with E-state index in [0.29, 0.717) is 11.4 Å². The third-order valence-corrected chi connectivity index (χ3v) is 7.48. The second-order valence-corrected chi connectivity index (χ2v) is 10.7. The third-order valence-electron chi connectivity index (χ3n) is 4.51. The van der Waals surface area contributed by atoms with Gasteiger partial charge < -0.3 is 5.32 Å². The van der Waals surface area contributed by atoms with E-state index in [1.807, 2.05) is 4.72 Å². The molecule has 12 nitrogen and oxygen atoms in total. The van der Waals surface area contributed by atoms with E-state index in [1.54, 1.807) is 36.4 Å². The number of hydrogen-bond donors (Lipinski definition) is 4. The molecule has 0 radical (unpaired) electrons. The van der Waals surface area contributed by atoms with Crippen LogP contribution in [0.15, 0.2) is 88.7 Å². The molecule has 4 N–H and O–H groups in total. The molecule has 180 valence electrons. The predicted octanol–water partition coefficient (Wildman–Crippen LogP) is 2.64. The van der Waals surface area contributed by atoms with E-state index < -0.39 is 26.1 Å². The topological polar surface area (TPSA) is 168 Å². The van der Waals surface area contributed by atoms with E-state index in [-0.39, 0.29) is 20.2 Å². The highest BCUT2D eigenvalue weighted by atomic mass is 32.2. The van der Waals surface area contributed by atoms with Gasteiger partial charge in [-0.05, 0) is 60.7 Å². The van der Waals surface area contributed by atoms with Crippen molar-refractivity contribution in [2.24, 2.45) is 0 Å². The molecule has 0 fully saturated rings. The number of aromatic amines is 1. The smallest absolute Gasteiger partial charge is 0.307 e. The number of nitrogens with one attached hydrogen (secondary N) is 4. The van der Waals surface area contributed by atoms with Crippen LogP contribution in [0.4, 0.5) is 16.2 Å². The molecule has 0 bridgehead atoms. The number of amides is 2. The number of benzene rings is 3. The Morgan fingerprint density at radius 3 is 2.17 bits per heavy atom. The zero-order valence-corrected chi connectivity index (χ0v) is 20.1. The molecule has 0 unspecified atom stereocenters. The highest BCUT2D eigenvalue weighted by Gasteiger charge is 2.20. The average Bonchev–Trinajstić information content (AvgIpc) is 3.25. The van der Waals surface area contributed by atoms with Crippen LogP contribution < -0.4 is 14.8 Å². The lowest BCUT2D eigenvalue weighted by Crippen LogP contribution is -2.34. The van der Waals surface area contributed by atoms with E-state index in [0.717, 1.165) is 0 Å². The highest BCUT2D eigenvalue weighted by molar-refractivity contribution is 7.92. The number of aromatic nitrogens is 4. The molecular formula is C20H17N7O5S3. The Hall–Kier alpha value is -4.08. The Morgan fingerprint density at radius 1 is 0.829 bits per heavy atom. The van der Waals surface area contributed by atoms with Gasteiger partial charge in [0.2, 0.25) is 4.77 Å². The van der Waals surface area contributed by atoms with Gasteiger partial charge in [-0.1, -0.05) is 40.6 Å². The maximum Gasteiger partial charge on any atom is 0.333 e. The van der Waals surface area contributed by atoms with Gasteiger partial charge in [-0.2, -0.15) is 5.21 Å². The fourth-order valence-electron chi connectivity index (χ4n) is 2.95. The molecule has 1 aromatic heterocycles. The molecular weight excluding hydrogens is 514 g/mol. The van der Waals surface area contributed by atoms with Gasteiger partial charge >= 0.3 is 6.03 Å². The largest absolute Gasteiger partial charge is 0.333 e. The van der Waals surface area contributed by atoms with Crippen LogP contribution in [0, 0.1) is 4.77 Å². The molecule has 0 aliphatic rings. The molecule has 3 aromatic carbocycles. The maximum absolute atomic E-state index is 12.7. The van der Waals surface area contributed by atoms with Crippen LogP contribution in [0.3, 0.4) is 0 Å². The van der Waals surface area contributed by atoms with Crippen LogP contribution in [0.25, 0.3) is 5.69 Å². The lowest BCUT2D eigenvalue weighted by atomic mass is 10.3. The number of anilines is 2. The minimum Gasteiger partial charge on any atom is -0.307 e. The molecule has 4 aromatic rings. The number of nitrogens with zero attached hydrogens (tertiary/aromatic N) is 3. The zero-order chi connectivity index (χ0) is 25.1. The summed E-state index contributed by atoms with van der Waals surface area (Å²) in [5, 5.41) is 12.0. The van der Waals surface area contributed by atoms with Crippen molar-refractivity contribution in [1.82, 2.24) is 24.9 Å². The highest BCUT2D eigenvalue weighted by Crippen LogP contribution is 2.20. The Labute approximate surface area is 205 Å². The Balaban J connectivity index is 1.49. The number of tetrazole rings is 1. The summed E-state index contributed by atoms with van der Waals surface area (Å²) < 4.78 is 56.4. The van der Waals surface area contributed by atoms with E-state index in [9.17, 15) is 21.6 Å². The summed E-state index contributed by atoms with van der Waals surface area (Å²) in [5.74, 6) is 0. The van der Waals surface area contributed by atoms with Gasteiger partial charge in [0.25, 0.3) is 20.0 Å². The molecule has 1 heterocycles. The standard InChI is InChI=1S/C20H17N7O5S3/c28-19(24-35(31,32)18-11-5-9-16(13-18)27-20(33)22-25-26-27)21-15-8-4-10-17(12-15)34(29,30)23-14-6-2-1-3-7-14/h1-13,23H,(H2,21,24,28)(H,22,26,33). The number of hydrogen-bond acceptors (Lipinski definition) is 8. The summed E-state index contributed by atoms with van der Waals surface area (Å²) in [6.45, 7) is 0. The summed E-state index contributed by atoms with van der Waals surface area (Å²) in [5.41, 5.74) is 0.772. The van der Waals surface area contributed by atoms with E-state index in [4.69, 9.17) is 12.2 Å². The summed E-state index contributed by atoms with van der Waals surface area (Å²) in [6, 6.07) is 18.1. The number of carbonyl (C=O) groups excluding carboxylic acids is 1. The fraction of sp³-hybridized carbons (Fsp3) is 0. The predicted molar refractivity (Wildman–Crippen MR) is 130 cm³/mol. The van der Waals surface area contributed by atoms with Crippen LogP contribution in [0.1, 0.15) is 0 Å². The first-order chi connectivity index (χ1) is 16.6. The minimum absolute atomic E-state index is 0.0669. The van der Waals surface area contributed by atoms with Gasteiger partial charge in [0.05, 0.1) is 15.5 Å². The molecule has 0 atom stereocenters. The van der Waals surface area contributed by atoms with Gasteiger partial charge in [0.15, 0.2) is 0 Å². The third kappa shape index (κ3) is 5.71. The van der Waals surface area contributed by atoms with Crippen LogP contribution in [0.2, 0.25) is 0 Å². The quantitative estimate of drug-likeness (QED) is 0.264. The van der Waals surface area contributed by atoms with Crippen LogP contribution in [0.5, 0.6) is 0 Å². The van der Waals surface area contributed by atoms with Crippen molar-refractivity contribution in [2.45, 2.75) is 9.79 Å². The number of para-hydroxylation sites is 1. The Kier molecular flexibility index (Phi) is 6.63. The van der Waals surface area contributed by atoms with Gasteiger partial charge in [0.1, 0.15) is 0 Å². The van der Waals surface area contributed by atoms with Crippen molar-refractivity contribution in [3.63, 3.8) is 0 Å².